The molecule has 0 unspecified atom stereocenters. The second kappa shape index (κ2) is 13.5. The lowest BCUT2D eigenvalue weighted by atomic mass is 10.1. The summed E-state index contributed by atoms with van der Waals surface area (Å²) in [5, 5.41) is 0. The predicted octanol–water partition coefficient (Wildman–Crippen LogP) is 5.65. The Morgan fingerprint density at radius 3 is 1.73 bits per heavy atom. The van der Waals surface area contributed by atoms with Crippen molar-refractivity contribution in [2.24, 2.45) is 0 Å². The predicted molar refractivity (Wildman–Crippen MR) is 71.2 cm³/mol. The van der Waals surface area contributed by atoms with E-state index in [-0.39, 0.29) is 0 Å². The van der Waals surface area contributed by atoms with Gasteiger partial charge in [0.1, 0.15) is 0 Å². The van der Waals surface area contributed by atoms with Crippen molar-refractivity contribution in [1.29, 1.82) is 0 Å². The molecule has 0 aliphatic heterocycles. The van der Waals surface area contributed by atoms with Gasteiger partial charge >= 0.3 is 0 Å². The lowest BCUT2D eigenvalue weighted by Crippen LogP contribution is -1.73. The summed E-state index contributed by atoms with van der Waals surface area (Å²) < 4.78 is 0. The van der Waals surface area contributed by atoms with E-state index in [1.807, 2.05) is 0 Å². The van der Waals surface area contributed by atoms with Gasteiger partial charge in [0.05, 0.1) is 0 Å². The van der Waals surface area contributed by atoms with E-state index in [2.05, 4.69) is 38.2 Å². The molecule has 0 N–H and O–H groups in total. The molecule has 0 heterocycles. The quantitative estimate of drug-likeness (QED) is 0.321. The van der Waals surface area contributed by atoms with Crippen LogP contribution < -0.4 is 0 Å². The maximum atomic E-state index is 2.35. The number of unbranched alkanes of at least 4 members (excludes halogenated alkanes) is 6. The molecule has 0 amide bonds. The zero-order valence-corrected chi connectivity index (χ0v) is 10.7. The van der Waals surface area contributed by atoms with Crippen molar-refractivity contribution in [2.75, 3.05) is 0 Å². The Hall–Kier alpha value is -0.520. The Labute approximate surface area is 96.5 Å². The molecule has 0 aliphatic rings. The maximum Gasteiger partial charge on any atom is -0.0316 e. The van der Waals surface area contributed by atoms with Gasteiger partial charge in [-0.2, -0.15) is 0 Å². The van der Waals surface area contributed by atoms with E-state index in [0.717, 1.165) is 0 Å². The minimum atomic E-state index is 1.21. The summed E-state index contributed by atoms with van der Waals surface area (Å²) in [7, 11) is 0. The third-order valence-corrected chi connectivity index (χ3v) is 2.51. The molecule has 0 bridgehead atoms. The molecule has 0 aromatic heterocycles. The lowest BCUT2D eigenvalue weighted by Gasteiger charge is -1.94. The molecule has 0 saturated carbocycles. The van der Waals surface area contributed by atoms with Gasteiger partial charge in [-0.1, -0.05) is 63.8 Å². The van der Waals surface area contributed by atoms with E-state index in [1.165, 1.54) is 57.8 Å². The van der Waals surface area contributed by atoms with Crippen LogP contribution in [0.3, 0.4) is 0 Å². The van der Waals surface area contributed by atoms with Crippen LogP contribution in [0.1, 0.15) is 71.6 Å². The van der Waals surface area contributed by atoms with E-state index >= 15 is 0 Å². The number of hydrogen-bond acceptors (Lipinski definition) is 0. The van der Waals surface area contributed by atoms with Crippen LogP contribution in [0.25, 0.3) is 0 Å². The van der Waals surface area contributed by atoms with Gasteiger partial charge in [0, 0.05) is 0 Å². The van der Waals surface area contributed by atoms with Crippen molar-refractivity contribution in [2.45, 2.75) is 71.6 Å². The van der Waals surface area contributed by atoms with E-state index in [1.54, 1.807) is 0 Å². The molecule has 0 saturated heterocycles. The third-order valence-electron chi connectivity index (χ3n) is 2.51. The molecule has 15 heavy (non-hydrogen) atoms. The van der Waals surface area contributed by atoms with E-state index in [9.17, 15) is 0 Å². The second-order valence-electron chi connectivity index (χ2n) is 4.16. The molecule has 0 rings (SSSR count). The van der Waals surface area contributed by atoms with Crippen molar-refractivity contribution in [3.8, 4) is 0 Å². The molecule has 0 heteroatoms. The van der Waals surface area contributed by atoms with Crippen LogP contribution in [0.2, 0.25) is 0 Å². The van der Waals surface area contributed by atoms with Gasteiger partial charge in [-0.05, 0) is 32.1 Å². The van der Waals surface area contributed by atoms with Crippen LogP contribution in [0.4, 0.5) is 0 Å². The van der Waals surface area contributed by atoms with Gasteiger partial charge in [0.2, 0.25) is 0 Å². The molecule has 0 spiro atoms. The van der Waals surface area contributed by atoms with Crippen molar-refractivity contribution in [3.05, 3.63) is 24.3 Å². The monoisotopic (exact) mass is 208 g/mol. The Balaban J connectivity index is 3.10. The van der Waals surface area contributed by atoms with Crippen molar-refractivity contribution < 1.29 is 0 Å². The van der Waals surface area contributed by atoms with Crippen LogP contribution in [-0.4, -0.2) is 0 Å². The fourth-order valence-electron chi connectivity index (χ4n) is 1.52. The van der Waals surface area contributed by atoms with E-state index < -0.39 is 0 Å². The van der Waals surface area contributed by atoms with Crippen LogP contribution in [0.15, 0.2) is 24.3 Å². The summed E-state index contributed by atoms with van der Waals surface area (Å²) in [4.78, 5) is 0. The molecule has 0 atom stereocenters. The summed E-state index contributed by atoms with van der Waals surface area (Å²) in [5.74, 6) is 0. The Morgan fingerprint density at radius 2 is 1.13 bits per heavy atom. The smallest absolute Gasteiger partial charge is 0.0316 e. The van der Waals surface area contributed by atoms with Crippen LogP contribution >= 0.6 is 0 Å². The zero-order valence-electron chi connectivity index (χ0n) is 10.7. The number of rotatable bonds is 10. The minimum absolute atomic E-state index is 1.21. The molecular formula is C15H28. The molecule has 0 nitrogen and oxygen atoms in total. The average molecular weight is 208 g/mol. The molecule has 0 fully saturated rings. The van der Waals surface area contributed by atoms with Gasteiger partial charge in [0.15, 0.2) is 0 Å². The highest BCUT2D eigenvalue weighted by atomic mass is 13.9. The topological polar surface area (TPSA) is 0 Å². The first kappa shape index (κ1) is 14.5. The van der Waals surface area contributed by atoms with Gasteiger partial charge < -0.3 is 0 Å². The maximum absolute atomic E-state index is 2.35. The Morgan fingerprint density at radius 1 is 0.533 bits per heavy atom. The zero-order chi connectivity index (χ0) is 11.2. The molecule has 0 aromatic carbocycles. The first-order valence-electron chi connectivity index (χ1n) is 6.71. The van der Waals surface area contributed by atoms with Crippen molar-refractivity contribution in [1.82, 2.24) is 0 Å². The molecular weight excluding hydrogens is 180 g/mol. The first-order valence-corrected chi connectivity index (χ1v) is 6.71. The Bertz CT molecular complexity index is 153. The fourth-order valence-corrected chi connectivity index (χ4v) is 1.52. The summed E-state index contributed by atoms with van der Waals surface area (Å²) in [5.41, 5.74) is 0. The largest absolute Gasteiger partial charge is 0.0885 e. The molecule has 0 aromatic rings. The van der Waals surface area contributed by atoms with Gasteiger partial charge in [-0.25, -0.2) is 0 Å². The second-order valence-corrected chi connectivity index (χ2v) is 4.16. The molecule has 0 radical (unpaired) electrons. The highest BCUT2D eigenvalue weighted by Gasteiger charge is 1.84. The summed E-state index contributed by atoms with van der Waals surface area (Å²) in [6.45, 7) is 4.49. The molecule has 88 valence electrons. The number of hydrogen-bond donors (Lipinski definition) is 0. The van der Waals surface area contributed by atoms with Crippen molar-refractivity contribution in [3.63, 3.8) is 0 Å². The van der Waals surface area contributed by atoms with Crippen molar-refractivity contribution >= 4 is 0 Å². The standard InChI is InChI=1S/C15H28/c1-3-5-7-9-11-13-15-14-12-10-8-6-4-2/h7,9,14-15H,3-6,8,10-13H2,1-2H3/b9-7+,15-14-. The van der Waals surface area contributed by atoms with Crippen LogP contribution in [0, 0.1) is 0 Å². The first-order chi connectivity index (χ1) is 7.41. The lowest BCUT2D eigenvalue weighted by molar-refractivity contribution is 0.674. The Kier molecular flexibility index (Phi) is 13.0. The summed E-state index contributed by atoms with van der Waals surface area (Å²) >= 11 is 0. The van der Waals surface area contributed by atoms with Crippen LogP contribution in [-0.2, 0) is 0 Å². The van der Waals surface area contributed by atoms with Gasteiger partial charge in [-0.3, -0.25) is 0 Å². The van der Waals surface area contributed by atoms with Crippen LogP contribution in [0.5, 0.6) is 0 Å². The normalized spacial score (nSPS) is 11.9. The highest BCUT2D eigenvalue weighted by molar-refractivity contribution is 4.87. The van der Waals surface area contributed by atoms with E-state index in [0.29, 0.717) is 0 Å². The fraction of sp³-hybridized carbons (Fsp3) is 0.733. The highest BCUT2D eigenvalue weighted by Crippen LogP contribution is 2.04. The third kappa shape index (κ3) is 13.5. The van der Waals surface area contributed by atoms with E-state index in [4.69, 9.17) is 0 Å². The summed E-state index contributed by atoms with van der Waals surface area (Å²) in [6.07, 6.45) is 21.0. The van der Waals surface area contributed by atoms with Gasteiger partial charge in [0.25, 0.3) is 0 Å². The number of allylic oxidation sites excluding steroid dienone is 4. The summed E-state index contributed by atoms with van der Waals surface area (Å²) in [6, 6.07) is 0. The SMILES string of the molecule is CCC/C=C/CC/C=C\CCCCCC. The average Bonchev–Trinajstić information content (AvgIpc) is 2.26. The van der Waals surface area contributed by atoms with Gasteiger partial charge in [-0.15, -0.1) is 0 Å². The minimum Gasteiger partial charge on any atom is -0.0885 e. The molecule has 0 aliphatic carbocycles.